The number of fused-ring (bicyclic) bond motifs is 1. The predicted octanol–water partition coefficient (Wildman–Crippen LogP) is 1.96. The first-order valence-electron chi connectivity index (χ1n) is 8.18. The molecule has 2 heterocycles. The van der Waals surface area contributed by atoms with Crippen LogP contribution in [0.4, 0.5) is 0 Å². The second-order valence-electron chi connectivity index (χ2n) is 6.25. The van der Waals surface area contributed by atoms with Crippen molar-refractivity contribution in [3.8, 4) is 11.5 Å². The second-order valence-corrected chi connectivity index (χ2v) is 10.9. The third-order valence-electron chi connectivity index (χ3n) is 4.55. The third-order valence-corrected chi connectivity index (χ3v) is 8.73. The van der Waals surface area contributed by atoms with Crippen LogP contribution >= 0.6 is 11.6 Å². The van der Waals surface area contributed by atoms with Crippen molar-refractivity contribution in [2.24, 2.45) is 0 Å². The molecule has 0 unspecified atom stereocenters. The van der Waals surface area contributed by atoms with Crippen LogP contribution < -0.4 is 9.47 Å². The molecule has 2 aromatic rings. The summed E-state index contributed by atoms with van der Waals surface area (Å²) in [6.45, 7) is 0.570. The van der Waals surface area contributed by atoms with E-state index in [1.165, 1.54) is 36.4 Å². The zero-order chi connectivity index (χ0) is 19.2. The lowest BCUT2D eigenvalue weighted by molar-refractivity contribution is 0.171. The Hall–Kier alpha value is -1.81. The van der Waals surface area contributed by atoms with E-state index >= 15 is 0 Å². The highest BCUT2D eigenvalue weighted by Crippen LogP contribution is 2.35. The molecule has 0 amide bonds. The van der Waals surface area contributed by atoms with Gasteiger partial charge in [0.15, 0.2) is 21.3 Å². The molecule has 0 saturated carbocycles. The fourth-order valence-corrected chi connectivity index (χ4v) is 6.46. The number of sulfonamides is 1. The molecule has 2 aliphatic heterocycles. The van der Waals surface area contributed by atoms with E-state index in [-0.39, 0.29) is 22.9 Å². The van der Waals surface area contributed by atoms with Crippen LogP contribution in [-0.4, -0.2) is 52.7 Å². The van der Waals surface area contributed by atoms with Crippen LogP contribution in [0.25, 0.3) is 0 Å². The molecule has 0 aliphatic carbocycles. The summed E-state index contributed by atoms with van der Waals surface area (Å²) >= 11 is 5.79. The Labute approximate surface area is 162 Å². The summed E-state index contributed by atoms with van der Waals surface area (Å²) in [6.07, 6.45) is 0. The van der Waals surface area contributed by atoms with Crippen molar-refractivity contribution >= 4 is 31.5 Å². The van der Waals surface area contributed by atoms with E-state index in [1.54, 1.807) is 6.07 Å². The molecule has 0 radical (unpaired) electrons. The predicted molar refractivity (Wildman–Crippen MR) is 98.6 cm³/mol. The number of halogens is 1. The number of ether oxygens (including phenoxy) is 2. The largest absolute Gasteiger partial charge is 0.486 e. The van der Waals surface area contributed by atoms with E-state index in [0.29, 0.717) is 29.7 Å². The Morgan fingerprint density at radius 1 is 0.852 bits per heavy atom. The number of nitrogens with zero attached hydrogens (tertiary/aromatic N) is 1. The standard InChI is InChI=1S/C17H16ClNO6S2/c18-12-1-3-13(4-2-12)26(20,21)15-10-19(11-15)27(22,23)14-5-6-16-17(9-14)25-8-7-24-16/h1-6,9,15H,7-8,10-11H2. The lowest BCUT2D eigenvalue weighted by Gasteiger charge is -2.37. The first-order chi connectivity index (χ1) is 12.8. The molecular weight excluding hydrogens is 414 g/mol. The van der Waals surface area contributed by atoms with Gasteiger partial charge in [0.2, 0.25) is 10.0 Å². The fraction of sp³-hybridized carbons (Fsp3) is 0.294. The Kier molecular flexibility index (Phi) is 4.58. The third kappa shape index (κ3) is 3.29. The first-order valence-corrected chi connectivity index (χ1v) is 11.5. The Morgan fingerprint density at radius 2 is 1.44 bits per heavy atom. The van der Waals surface area contributed by atoms with Crippen LogP contribution in [0.15, 0.2) is 52.3 Å². The number of rotatable bonds is 4. The van der Waals surface area contributed by atoms with Gasteiger partial charge in [0.25, 0.3) is 0 Å². The minimum Gasteiger partial charge on any atom is -0.486 e. The summed E-state index contributed by atoms with van der Waals surface area (Å²) in [5.41, 5.74) is 0. The summed E-state index contributed by atoms with van der Waals surface area (Å²) < 4.78 is 62.7. The van der Waals surface area contributed by atoms with Crippen LogP contribution in [0.2, 0.25) is 5.02 Å². The summed E-state index contributed by atoms with van der Waals surface area (Å²) in [6, 6.07) is 10.2. The molecular formula is C17H16ClNO6S2. The number of hydrogen-bond donors (Lipinski definition) is 0. The summed E-state index contributed by atoms with van der Waals surface area (Å²) in [5.74, 6) is 0.861. The molecule has 0 aromatic heterocycles. The monoisotopic (exact) mass is 429 g/mol. The molecule has 1 saturated heterocycles. The van der Waals surface area contributed by atoms with Gasteiger partial charge >= 0.3 is 0 Å². The highest BCUT2D eigenvalue weighted by molar-refractivity contribution is 7.92. The smallest absolute Gasteiger partial charge is 0.243 e. The second kappa shape index (κ2) is 6.66. The average Bonchev–Trinajstić information content (AvgIpc) is 2.60. The van der Waals surface area contributed by atoms with Gasteiger partial charge in [0.05, 0.1) is 15.0 Å². The zero-order valence-electron chi connectivity index (χ0n) is 14.0. The van der Waals surface area contributed by atoms with E-state index < -0.39 is 25.1 Å². The maximum Gasteiger partial charge on any atom is 0.243 e. The Bertz CT molecular complexity index is 1080. The van der Waals surface area contributed by atoms with Crippen molar-refractivity contribution in [2.45, 2.75) is 15.0 Å². The average molecular weight is 430 g/mol. The van der Waals surface area contributed by atoms with Gasteiger partial charge in [-0.15, -0.1) is 0 Å². The molecule has 27 heavy (non-hydrogen) atoms. The molecule has 0 spiro atoms. The van der Waals surface area contributed by atoms with Gasteiger partial charge in [0, 0.05) is 24.2 Å². The maximum atomic E-state index is 12.8. The van der Waals surface area contributed by atoms with Crippen molar-refractivity contribution in [1.82, 2.24) is 4.31 Å². The van der Waals surface area contributed by atoms with Crippen molar-refractivity contribution in [1.29, 1.82) is 0 Å². The molecule has 2 aromatic carbocycles. The summed E-state index contributed by atoms with van der Waals surface area (Å²) in [4.78, 5) is 0.183. The highest BCUT2D eigenvalue weighted by Gasteiger charge is 2.44. The Balaban J connectivity index is 1.52. The summed E-state index contributed by atoms with van der Waals surface area (Å²) in [5, 5.41) is -0.351. The van der Waals surface area contributed by atoms with E-state index in [9.17, 15) is 16.8 Å². The van der Waals surface area contributed by atoms with E-state index in [0.717, 1.165) is 4.31 Å². The molecule has 0 bridgehead atoms. The SMILES string of the molecule is O=S(=O)(c1ccc(Cl)cc1)C1CN(S(=O)(=O)c2ccc3c(c2)OCCO3)C1. The van der Waals surface area contributed by atoms with Gasteiger partial charge < -0.3 is 9.47 Å². The highest BCUT2D eigenvalue weighted by atomic mass is 35.5. The van der Waals surface area contributed by atoms with Crippen molar-refractivity contribution in [3.05, 3.63) is 47.5 Å². The topological polar surface area (TPSA) is 90.0 Å². The van der Waals surface area contributed by atoms with Gasteiger partial charge in [-0.2, -0.15) is 4.31 Å². The Morgan fingerprint density at radius 3 is 2.11 bits per heavy atom. The van der Waals surface area contributed by atoms with Gasteiger partial charge in [-0.3, -0.25) is 0 Å². The van der Waals surface area contributed by atoms with Crippen molar-refractivity contribution < 1.29 is 26.3 Å². The van der Waals surface area contributed by atoms with Gasteiger partial charge in [-0.1, -0.05) is 11.6 Å². The van der Waals surface area contributed by atoms with Crippen molar-refractivity contribution in [3.63, 3.8) is 0 Å². The quantitative estimate of drug-likeness (QED) is 0.738. The van der Waals surface area contributed by atoms with Crippen molar-refractivity contribution in [2.75, 3.05) is 26.3 Å². The van der Waals surface area contributed by atoms with Crippen LogP contribution in [0, 0.1) is 0 Å². The van der Waals surface area contributed by atoms with Crippen LogP contribution in [0.3, 0.4) is 0 Å². The minimum atomic E-state index is -3.81. The van der Waals surface area contributed by atoms with Crippen LogP contribution in [0.1, 0.15) is 0 Å². The number of hydrogen-bond acceptors (Lipinski definition) is 6. The molecule has 0 atom stereocenters. The molecule has 7 nitrogen and oxygen atoms in total. The summed E-state index contributed by atoms with van der Waals surface area (Å²) in [7, 11) is -7.42. The molecule has 0 N–H and O–H groups in total. The van der Waals surface area contributed by atoms with E-state index in [2.05, 4.69) is 0 Å². The molecule has 144 valence electrons. The van der Waals surface area contributed by atoms with E-state index in [4.69, 9.17) is 21.1 Å². The van der Waals surface area contributed by atoms with Gasteiger partial charge in [-0.25, -0.2) is 16.8 Å². The van der Waals surface area contributed by atoms with Gasteiger partial charge in [-0.05, 0) is 36.4 Å². The minimum absolute atomic E-state index is 0.0501. The lowest BCUT2D eigenvalue weighted by atomic mass is 10.3. The molecule has 4 rings (SSSR count). The fourth-order valence-electron chi connectivity index (χ4n) is 2.94. The molecule has 2 aliphatic rings. The molecule has 1 fully saturated rings. The normalized spacial score (nSPS) is 18.1. The zero-order valence-corrected chi connectivity index (χ0v) is 16.4. The van der Waals surface area contributed by atoms with Gasteiger partial charge in [0.1, 0.15) is 13.2 Å². The lowest BCUT2D eigenvalue weighted by Crippen LogP contribution is -2.56. The van der Waals surface area contributed by atoms with E-state index in [1.807, 2.05) is 0 Å². The number of benzene rings is 2. The number of sulfone groups is 1. The maximum absolute atomic E-state index is 12.8. The molecule has 10 heteroatoms. The van der Waals surface area contributed by atoms with Crippen LogP contribution in [0.5, 0.6) is 11.5 Å². The first kappa shape index (κ1) is 18.5. The van der Waals surface area contributed by atoms with Crippen LogP contribution in [-0.2, 0) is 19.9 Å².